The Morgan fingerprint density at radius 2 is 2.00 bits per heavy atom. The summed E-state index contributed by atoms with van der Waals surface area (Å²) in [5.41, 5.74) is -0.872. The number of rotatable bonds is 2. The van der Waals surface area contributed by atoms with Crippen LogP contribution in [-0.4, -0.2) is 4.98 Å². The van der Waals surface area contributed by atoms with Gasteiger partial charge in [-0.1, -0.05) is 0 Å². The minimum Gasteiger partial charge on any atom is -0.428 e. The van der Waals surface area contributed by atoms with Gasteiger partial charge >= 0.3 is 6.18 Å². The first kappa shape index (κ1) is 10.9. The van der Waals surface area contributed by atoms with Crippen LogP contribution in [0.25, 0.3) is 0 Å². The molecule has 2 rings (SSSR count). The van der Waals surface area contributed by atoms with E-state index in [1.54, 1.807) is 17.5 Å². The lowest BCUT2D eigenvalue weighted by Crippen LogP contribution is -2.07. The zero-order chi connectivity index (χ0) is 11.6. The Balaban J connectivity index is 2.34. The Morgan fingerprint density at radius 3 is 2.62 bits per heavy atom. The molecule has 2 heterocycles. The van der Waals surface area contributed by atoms with Crippen LogP contribution in [0.15, 0.2) is 35.8 Å². The molecular formula is C10H6F3NOS. The number of halogens is 3. The molecule has 6 heteroatoms. The molecule has 84 valence electrons. The molecule has 0 aliphatic carbocycles. The summed E-state index contributed by atoms with van der Waals surface area (Å²) in [4.78, 5) is 3.58. The summed E-state index contributed by atoms with van der Waals surface area (Å²) >= 11 is 1.21. The van der Waals surface area contributed by atoms with Crippen molar-refractivity contribution in [1.29, 1.82) is 0 Å². The topological polar surface area (TPSA) is 22.1 Å². The van der Waals surface area contributed by atoms with Crippen LogP contribution in [0.1, 0.15) is 5.56 Å². The predicted octanol–water partition coefficient (Wildman–Crippen LogP) is 3.95. The van der Waals surface area contributed by atoms with Gasteiger partial charge in [-0.3, -0.25) is 0 Å². The Hall–Kier alpha value is -1.56. The summed E-state index contributed by atoms with van der Waals surface area (Å²) in [7, 11) is 0. The number of pyridine rings is 1. The SMILES string of the molecule is FC(F)(F)c1cccnc1Oc1cccs1. The maximum atomic E-state index is 12.6. The minimum atomic E-state index is -4.46. The molecule has 0 bridgehead atoms. The van der Waals surface area contributed by atoms with Crippen molar-refractivity contribution in [3.63, 3.8) is 0 Å². The van der Waals surface area contributed by atoms with Gasteiger partial charge in [-0.2, -0.15) is 13.2 Å². The summed E-state index contributed by atoms with van der Waals surface area (Å²) < 4.78 is 42.7. The highest BCUT2D eigenvalue weighted by Crippen LogP contribution is 2.37. The smallest absolute Gasteiger partial charge is 0.421 e. The van der Waals surface area contributed by atoms with Gasteiger partial charge < -0.3 is 4.74 Å². The van der Waals surface area contributed by atoms with E-state index < -0.39 is 17.6 Å². The molecule has 16 heavy (non-hydrogen) atoms. The van der Waals surface area contributed by atoms with Gasteiger partial charge in [0.1, 0.15) is 5.56 Å². The number of aromatic nitrogens is 1. The highest BCUT2D eigenvalue weighted by Gasteiger charge is 2.35. The molecule has 2 aromatic rings. The van der Waals surface area contributed by atoms with Crippen LogP contribution in [-0.2, 0) is 6.18 Å². The Labute approximate surface area is 93.3 Å². The van der Waals surface area contributed by atoms with Crippen molar-refractivity contribution in [3.05, 3.63) is 41.4 Å². The van der Waals surface area contributed by atoms with Gasteiger partial charge in [-0.15, -0.1) is 11.3 Å². The highest BCUT2D eigenvalue weighted by molar-refractivity contribution is 7.11. The quantitative estimate of drug-likeness (QED) is 0.799. The Kier molecular flexibility index (Phi) is 2.82. The molecule has 0 saturated carbocycles. The van der Waals surface area contributed by atoms with Crippen molar-refractivity contribution in [1.82, 2.24) is 4.98 Å². The second kappa shape index (κ2) is 4.13. The van der Waals surface area contributed by atoms with Crippen molar-refractivity contribution in [3.8, 4) is 10.9 Å². The highest BCUT2D eigenvalue weighted by atomic mass is 32.1. The van der Waals surface area contributed by atoms with E-state index in [-0.39, 0.29) is 0 Å². The summed E-state index contributed by atoms with van der Waals surface area (Å²) in [6.45, 7) is 0. The normalized spacial score (nSPS) is 11.4. The Bertz CT molecular complexity index is 467. The zero-order valence-corrected chi connectivity index (χ0v) is 8.68. The van der Waals surface area contributed by atoms with Crippen LogP contribution >= 0.6 is 11.3 Å². The third-order valence-corrected chi connectivity index (χ3v) is 2.51. The molecule has 0 radical (unpaired) electrons. The maximum Gasteiger partial charge on any atom is 0.421 e. The molecule has 0 unspecified atom stereocenters. The van der Waals surface area contributed by atoms with E-state index in [2.05, 4.69) is 4.98 Å². The number of ether oxygens (including phenoxy) is 1. The maximum absolute atomic E-state index is 12.6. The fourth-order valence-electron chi connectivity index (χ4n) is 1.10. The standard InChI is InChI=1S/C10H6F3NOS/c11-10(12,13)7-3-1-5-14-9(7)15-8-4-2-6-16-8/h1-6H. The van der Waals surface area contributed by atoms with Crippen LogP contribution in [0, 0.1) is 0 Å². The largest absolute Gasteiger partial charge is 0.428 e. The first-order valence-corrected chi connectivity index (χ1v) is 5.19. The molecule has 0 fully saturated rings. The van der Waals surface area contributed by atoms with E-state index >= 15 is 0 Å². The number of hydrogen-bond donors (Lipinski definition) is 0. The summed E-state index contributed by atoms with van der Waals surface area (Å²) in [6, 6.07) is 5.44. The monoisotopic (exact) mass is 245 g/mol. The first-order valence-electron chi connectivity index (χ1n) is 4.31. The van der Waals surface area contributed by atoms with Crippen LogP contribution in [0.5, 0.6) is 10.9 Å². The van der Waals surface area contributed by atoms with Crippen LogP contribution in [0.2, 0.25) is 0 Å². The van der Waals surface area contributed by atoms with Crippen molar-refractivity contribution in [2.75, 3.05) is 0 Å². The van der Waals surface area contributed by atoms with E-state index in [1.807, 2.05) is 0 Å². The molecule has 0 atom stereocenters. The number of nitrogens with zero attached hydrogens (tertiary/aromatic N) is 1. The zero-order valence-electron chi connectivity index (χ0n) is 7.86. The fraction of sp³-hybridized carbons (Fsp3) is 0.100. The van der Waals surface area contributed by atoms with Crippen molar-refractivity contribution >= 4 is 11.3 Å². The average molecular weight is 245 g/mol. The lowest BCUT2D eigenvalue weighted by atomic mass is 10.2. The molecular weight excluding hydrogens is 239 g/mol. The average Bonchev–Trinajstić information content (AvgIpc) is 2.70. The van der Waals surface area contributed by atoms with E-state index in [1.165, 1.54) is 23.6 Å². The van der Waals surface area contributed by atoms with Gasteiger partial charge in [0.05, 0.1) is 0 Å². The minimum absolute atomic E-state index is 0.379. The number of thiophene rings is 1. The fourth-order valence-corrected chi connectivity index (χ4v) is 1.68. The van der Waals surface area contributed by atoms with E-state index in [9.17, 15) is 13.2 Å². The first-order chi connectivity index (χ1) is 7.57. The van der Waals surface area contributed by atoms with Crippen molar-refractivity contribution in [2.45, 2.75) is 6.18 Å². The second-order valence-corrected chi connectivity index (χ2v) is 3.80. The van der Waals surface area contributed by atoms with Gasteiger partial charge in [0.15, 0.2) is 5.06 Å². The lowest BCUT2D eigenvalue weighted by molar-refractivity contribution is -0.138. The van der Waals surface area contributed by atoms with Crippen molar-refractivity contribution < 1.29 is 17.9 Å². The van der Waals surface area contributed by atoms with Gasteiger partial charge in [0.2, 0.25) is 5.88 Å². The summed E-state index contributed by atoms with van der Waals surface area (Å²) in [5, 5.41) is 2.09. The molecule has 0 amide bonds. The molecule has 2 aromatic heterocycles. The van der Waals surface area contributed by atoms with Gasteiger partial charge in [-0.25, -0.2) is 4.98 Å². The summed E-state index contributed by atoms with van der Waals surface area (Å²) in [5.74, 6) is -0.419. The molecule has 0 aromatic carbocycles. The second-order valence-electron chi connectivity index (χ2n) is 2.89. The van der Waals surface area contributed by atoms with Crippen LogP contribution < -0.4 is 4.74 Å². The molecule has 0 aliphatic rings. The van der Waals surface area contributed by atoms with E-state index in [0.717, 1.165) is 6.07 Å². The van der Waals surface area contributed by atoms with E-state index in [4.69, 9.17) is 4.74 Å². The number of hydrogen-bond acceptors (Lipinski definition) is 3. The molecule has 0 saturated heterocycles. The molecule has 0 spiro atoms. The van der Waals surface area contributed by atoms with Gasteiger partial charge in [0.25, 0.3) is 0 Å². The van der Waals surface area contributed by atoms with Gasteiger partial charge in [0, 0.05) is 6.20 Å². The van der Waals surface area contributed by atoms with Crippen LogP contribution in [0.3, 0.4) is 0 Å². The number of alkyl halides is 3. The molecule has 0 N–H and O–H groups in total. The Morgan fingerprint density at radius 1 is 1.19 bits per heavy atom. The van der Waals surface area contributed by atoms with Gasteiger partial charge in [-0.05, 0) is 29.6 Å². The third-order valence-electron chi connectivity index (χ3n) is 1.77. The van der Waals surface area contributed by atoms with E-state index in [0.29, 0.717) is 5.06 Å². The third kappa shape index (κ3) is 2.33. The summed E-state index contributed by atoms with van der Waals surface area (Å²) in [6.07, 6.45) is -3.20. The lowest BCUT2D eigenvalue weighted by Gasteiger charge is -2.10. The molecule has 2 nitrogen and oxygen atoms in total. The van der Waals surface area contributed by atoms with Crippen LogP contribution in [0.4, 0.5) is 13.2 Å². The predicted molar refractivity (Wildman–Crippen MR) is 53.6 cm³/mol. The molecule has 0 aliphatic heterocycles. The van der Waals surface area contributed by atoms with Crippen molar-refractivity contribution in [2.24, 2.45) is 0 Å².